The molecule has 39 heavy (non-hydrogen) atoms. The first-order valence-electron chi connectivity index (χ1n) is 13.0. The van der Waals surface area contributed by atoms with Gasteiger partial charge in [-0.25, -0.2) is 9.48 Å². The molecule has 0 radical (unpaired) electrons. The van der Waals surface area contributed by atoms with Crippen molar-refractivity contribution in [2.75, 3.05) is 23.7 Å². The summed E-state index contributed by atoms with van der Waals surface area (Å²) in [5, 5.41) is 9.95. The molecule has 0 atom stereocenters. The second-order valence-electron chi connectivity index (χ2n) is 10.5. The Morgan fingerprint density at radius 2 is 1.64 bits per heavy atom. The highest BCUT2D eigenvalue weighted by Gasteiger charge is 2.34. The molecule has 0 unspecified atom stereocenters. The molecule has 0 aliphatic carbocycles. The lowest BCUT2D eigenvalue weighted by Crippen LogP contribution is -2.41. The molecule has 7 nitrogen and oxygen atoms in total. The van der Waals surface area contributed by atoms with Crippen molar-refractivity contribution >= 4 is 23.4 Å². The van der Waals surface area contributed by atoms with Crippen molar-refractivity contribution in [3.63, 3.8) is 0 Å². The summed E-state index contributed by atoms with van der Waals surface area (Å²) in [4.78, 5) is 27.5. The van der Waals surface area contributed by atoms with Crippen LogP contribution in [0.25, 0.3) is 5.69 Å². The molecule has 0 aliphatic rings. The fraction of sp³-hybridized carbons (Fsp3) is 0.414. The van der Waals surface area contributed by atoms with Crippen LogP contribution in [0.4, 0.5) is 29.5 Å². The molecule has 0 spiro atoms. The van der Waals surface area contributed by atoms with Crippen molar-refractivity contribution in [3.8, 4) is 5.69 Å². The number of rotatable bonds is 9. The maximum Gasteiger partial charge on any atom is 0.418 e. The summed E-state index contributed by atoms with van der Waals surface area (Å²) < 4.78 is 42.0. The number of para-hydroxylation sites is 2. The van der Waals surface area contributed by atoms with Crippen LogP contribution in [0, 0.1) is 6.92 Å². The number of nitrogens with zero attached hydrogens (tertiary/aromatic N) is 3. The van der Waals surface area contributed by atoms with Gasteiger partial charge in [0.05, 0.1) is 22.6 Å². The highest BCUT2D eigenvalue weighted by molar-refractivity contribution is 5.97. The zero-order valence-corrected chi connectivity index (χ0v) is 23.0. The molecule has 3 amide bonds. The third kappa shape index (κ3) is 7.84. The van der Waals surface area contributed by atoms with Gasteiger partial charge in [0.15, 0.2) is 0 Å². The molecule has 0 aliphatic heterocycles. The van der Waals surface area contributed by atoms with Crippen LogP contribution in [0.3, 0.4) is 0 Å². The van der Waals surface area contributed by atoms with Crippen LogP contribution >= 0.6 is 0 Å². The number of carbonyl (C=O) groups excluding carboxylic acids is 2. The SMILES string of the molecule is CCCCCN(CC(=O)Nc1cc(C(C)(C)C)nn1-c1ccccc1C)C(=O)Nc1ccccc1C(F)(F)F. The molecule has 210 valence electrons. The second-order valence-corrected chi connectivity index (χ2v) is 10.5. The maximum atomic E-state index is 13.5. The Morgan fingerprint density at radius 1 is 0.974 bits per heavy atom. The molecule has 3 aromatic rings. The quantitative estimate of drug-likeness (QED) is 0.281. The number of alkyl halides is 3. The van der Waals surface area contributed by atoms with Crippen molar-refractivity contribution < 1.29 is 22.8 Å². The average Bonchev–Trinajstić information content (AvgIpc) is 3.27. The molecular weight excluding hydrogens is 507 g/mol. The number of unbranched alkanes of at least 4 members (excludes halogenated alkanes) is 2. The summed E-state index contributed by atoms with van der Waals surface area (Å²) >= 11 is 0. The van der Waals surface area contributed by atoms with E-state index in [9.17, 15) is 22.8 Å². The van der Waals surface area contributed by atoms with E-state index >= 15 is 0 Å². The summed E-state index contributed by atoms with van der Waals surface area (Å²) in [6.45, 7) is 9.86. The normalized spacial score (nSPS) is 11.8. The lowest BCUT2D eigenvalue weighted by Gasteiger charge is -2.24. The number of amides is 3. The van der Waals surface area contributed by atoms with E-state index in [2.05, 4.69) is 10.6 Å². The number of nitrogens with one attached hydrogen (secondary N) is 2. The molecule has 2 N–H and O–H groups in total. The largest absolute Gasteiger partial charge is 0.418 e. The van der Waals surface area contributed by atoms with Crippen LogP contribution in [0.5, 0.6) is 0 Å². The molecule has 1 heterocycles. The first kappa shape index (κ1) is 29.7. The summed E-state index contributed by atoms with van der Waals surface area (Å²) in [6, 6.07) is 13.4. The standard InChI is InChI=1S/C29H36F3N5O2/c1-6-7-12-17-36(27(39)33-22-15-10-9-14-21(22)29(30,31)32)19-26(38)34-25-18-24(28(3,4)5)35-37(25)23-16-11-8-13-20(23)2/h8-11,13-16,18H,6-7,12,17,19H2,1-5H3,(H,33,39)(H,34,38). The highest BCUT2D eigenvalue weighted by Crippen LogP contribution is 2.34. The van der Waals surface area contributed by atoms with Gasteiger partial charge in [0.1, 0.15) is 12.4 Å². The Bertz CT molecular complexity index is 1290. The van der Waals surface area contributed by atoms with Gasteiger partial charge in [0, 0.05) is 18.0 Å². The van der Waals surface area contributed by atoms with E-state index in [4.69, 9.17) is 5.10 Å². The number of benzene rings is 2. The number of anilines is 2. The zero-order chi connectivity index (χ0) is 28.8. The number of urea groups is 1. The molecule has 0 bridgehead atoms. The topological polar surface area (TPSA) is 79.3 Å². The van der Waals surface area contributed by atoms with Crippen molar-refractivity contribution in [3.05, 3.63) is 71.4 Å². The number of hydrogen-bond donors (Lipinski definition) is 2. The van der Waals surface area contributed by atoms with E-state index < -0.39 is 23.7 Å². The van der Waals surface area contributed by atoms with E-state index in [0.29, 0.717) is 12.2 Å². The van der Waals surface area contributed by atoms with Gasteiger partial charge in [-0.05, 0) is 37.1 Å². The fourth-order valence-corrected chi connectivity index (χ4v) is 4.02. The number of halogens is 3. The van der Waals surface area contributed by atoms with Gasteiger partial charge in [-0.15, -0.1) is 0 Å². The number of hydrogen-bond acceptors (Lipinski definition) is 3. The molecule has 0 fully saturated rings. The van der Waals surface area contributed by atoms with Gasteiger partial charge in [-0.3, -0.25) is 4.79 Å². The smallest absolute Gasteiger partial charge is 0.315 e. The Hall–Kier alpha value is -3.82. The molecule has 0 saturated heterocycles. The van der Waals surface area contributed by atoms with Crippen LogP contribution in [0.1, 0.15) is 63.8 Å². The van der Waals surface area contributed by atoms with E-state index in [1.807, 2.05) is 58.9 Å². The Balaban J connectivity index is 1.85. The van der Waals surface area contributed by atoms with Crippen LogP contribution in [-0.4, -0.2) is 39.7 Å². The zero-order valence-electron chi connectivity index (χ0n) is 23.0. The summed E-state index contributed by atoms with van der Waals surface area (Å²) in [5.74, 6) is -0.0449. The van der Waals surface area contributed by atoms with E-state index in [1.54, 1.807) is 10.7 Å². The average molecular weight is 544 g/mol. The van der Waals surface area contributed by atoms with E-state index in [0.717, 1.165) is 35.9 Å². The van der Waals surface area contributed by atoms with Gasteiger partial charge in [0.2, 0.25) is 5.91 Å². The lowest BCUT2D eigenvalue weighted by molar-refractivity contribution is -0.137. The van der Waals surface area contributed by atoms with Crippen LogP contribution < -0.4 is 10.6 Å². The van der Waals surface area contributed by atoms with Gasteiger partial charge >= 0.3 is 12.2 Å². The predicted octanol–water partition coefficient (Wildman–Crippen LogP) is 7.16. The monoisotopic (exact) mass is 543 g/mol. The Labute approximate surface area is 227 Å². The fourth-order valence-electron chi connectivity index (χ4n) is 4.02. The Morgan fingerprint density at radius 3 is 2.28 bits per heavy atom. The second kappa shape index (κ2) is 12.4. The minimum Gasteiger partial charge on any atom is -0.315 e. The maximum absolute atomic E-state index is 13.5. The van der Waals surface area contributed by atoms with E-state index in [-0.39, 0.29) is 24.2 Å². The van der Waals surface area contributed by atoms with Crippen LogP contribution in [-0.2, 0) is 16.4 Å². The molecule has 3 rings (SSSR count). The molecule has 2 aromatic carbocycles. The van der Waals surface area contributed by atoms with Crippen LogP contribution in [0.2, 0.25) is 0 Å². The van der Waals surface area contributed by atoms with Crippen LogP contribution in [0.15, 0.2) is 54.6 Å². The minimum absolute atomic E-state index is 0.214. The van der Waals surface area contributed by atoms with Gasteiger partial charge in [-0.2, -0.15) is 18.3 Å². The Kier molecular flexibility index (Phi) is 9.42. The third-order valence-electron chi connectivity index (χ3n) is 6.22. The first-order chi connectivity index (χ1) is 18.3. The first-order valence-corrected chi connectivity index (χ1v) is 13.0. The summed E-state index contributed by atoms with van der Waals surface area (Å²) in [7, 11) is 0. The molecule has 0 saturated carbocycles. The molecule has 10 heteroatoms. The van der Waals surface area contributed by atoms with Crippen molar-refractivity contribution in [2.24, 2.45) is 0 Å². The minimum atomic E-state index is -4.63. The van der Waals surface area contributed by atoms with Crippen molar-refractivity contribution in [2.45, 2.75) is 65.5 Å². The number of carbonyl (C=O) groups is 2. The molecule has 1 aromatic heterocycles. The number of aromatic nitrogens is 2. The van der Waals surface area contributed by atoms with Gasteiger partial charge in [-0.1, -0.05) is 70.9 Å². The summed E-state index contributed by atoms with van der Waals surface area (Å²) in [6.07, 6.45) is -2.34. The van der Waals surface area contributed by atoms with Gasteiger partial charge < -0.3 is 15.5 Å². The van der Waals surface area contributed by atoms with Gasteiger partial charge in [0.25, 0.3) is 0 Å². The highest BCUT2D eigenvalue weighted by atomic mass is 19.4. The summed E-state index contributed by atoms with van der Waals surface area (Å²) in [5.41, 5.74) is 0.926. The lowest BCUT2D eigenvalue weighted by atomic mass is 9.92. The molecular formula is C29H36F3N5O2. The predicted molar refractivity (Wildman–Crippen MR) is 147 cm³/mol. The van der Waals surface area contributed by atoms with E-state index in [1.165, 1.54) is 23.1 Å². The van der Waals surface area contributed by atoms with Crippen molar-refractivity contribution in [1.29, 1.82) is 0 Å². The van der Waals surface area contributed by atoms with Crippen molar-refractivity contribution in [1.82, 2.24) is 14.7 Å². The number of aryl methyl sites for hydroxylation is 1. The third-order valence-corrected chi connectivity index (χ3v) is 6.22.